The van der Waals surface area contributed by atoms with Gasteiger partial charge in [-0.2, -0.15) is 0 Å². The van der Waals surface area contributed by atoms with E-state index in [4.69, 9.17) is 18.6 Å². The van der Waals surface area contributed by atoms with Crippen LogP contribution in [0.25, 0.3) is 0 Å². The Labute approximate surface area is 225 Å². The average molecular weight is 527 g/mol. The zero-order chi connectivity index (χ0) is 26.7. The van der Waals surface area contributed by atoms with E-state index in [1.54, 1.807) is 0 Å². The van der Waals surface area contributed by atoms with Crippen molar-refractivity contribution in [2.24, 2.45) is 0 Å². The van der Waals surface area contributed by atoms with Crippen LogP contribution in [0.2, 0.25) is 18.1 Å². The lowest BCUT2D eigenvalue weighted by atomic mass is 10.0. The van der Waals surface area contributed by atoms with Crippen LogP contribution in [0.3, 0.4) is 0 Å². The monoisotopic (exact) mass is 526 g/mol. The molecule has 3 atom stereocenters. The maximum atomic E-state index is 13.0. The summed E-state index contributed by atoms with van der Waals surface area (Å²) >= 11 is 0. The van der Waals surface area contributed by atoms with Crippen molar-refractivity contribution in [1.82, 2.24) is 0 Å². The summed E-state index contributed by atoms with van der Waals surface area (Å²) in [6, 6.07) is 20.3. The van der Waals surface area contributed by atoms with Crippen LogP contribution in [0.5, 0.6) is 0 Å². The molecule has 0 aromatic heterocycles. The first-order chi connectivity index (χ1) is 17.7. The predicted molar refractivity (Wildman–Crippen MR) is 151 cm³/mol. The average Bonchev–Trinajstić information content (AvgIpc) is 3.02. The molecule has 1 aliphatic heterocycles. The molecule has 2 aromatic rings. The highest BCUT2D eigenvalue weighted by atomic mass is 28.4. The summed E-state index contributed by atoms with van der Waals surface area (Å²) in [5.74, 6) is 0.174. The van der Waals surface area contributed by atoms with Crippen molar-refractivity contribution < 1.29 is 23.4 Å². The fraction of sp³-hybridized carbons (Fsp3) is 0.581. The number of benzene rings is 2. The van der Waals surface area contributed by atoms with Gasteiger partial charge in [0.1, 0.15) is 6.10 Å². The Morgan fingerprint density at radius 3 is 2.14 bits per heavy atom. The largest absolute Gasteiger partial charge is 0.417 e. The zero-order valence-electron chi connectivity index (χ0n) is 23.4. The van der Waals surface area contributed by atoms with Gasteiger partial charge >= 0.3 is 0 Å². The van der Waals surface area contributed by atoms with Crippen LogP contribution < -0.4 is 0 Å². The Balaban J connectivity index is 1.57. The molecule has 3 rings (SSSR count). The molecular formula is C31H46O5Si. The summed E-state index contributed by atoms with van der Waals surface area (Å²) < 4.78 is 25.1. The van der Waals surface area contributed by atoms with Gasteiger partial charge in [-0.3, -0.25) is 4.79 Å². The van der Waals surface area contributed by atoms with E-state index in [1.807, 2.05) is 36.4 Å². The smallest absolute Gasteiger partial charge is 0.191 e. The Bertz CT molecular complexity index is 926. The third-order valence-electron chi connectivity index (χ3n) is 7.63. The van der Waals surface area contributed by atoms with Crippen LogP contribution >= 0.6 is 0 Å². The van der Waals surface area contributed by atoms with E-state index in [0.29, 0.717) is 52.1 Å². The van der Waals surface area contributed by atoms with Crippen molar-refractivity contribution in [3.8, 4) is 0 Å². The van der Waals surface area contributed by atoms with Crippen LogP contribution in [0, 0.1) is 0 Å². The lowest BCUT2D eigenvalue weighted by Gasteiger charge is -2.36. The number of carbonyl (C=O) groups is 1. The maximum absolute atomic E-state index is 13.0. The van der Waals surface area contributed by atoms with Crippen molar-refractivity contribution in [1.29, 1.82) is 0 Å². The van der Waals surface area contributed by atoms with E-state index in [-0.39, 0.29) is 23.0 Å². The second-order valence-electron chi connectivity index (χ2n) is 11.6. The van der Waals surface area contributed by atoms with Crippen LogP contribution in [-0.4, -0.2) is 45.6 Å². The molecule has 0 spiro atoms. The van der Waals surface area contributed by atoms with E-state index in [1.165, 1.54) is 0 Å². The molecular weight excluding hydrogens is 480 g/mol. The minimum absolute atomic E-state index is 0.141. The summed E-state index contributed by atoms with van der Waals surface area (Å²) in [4.78, 5) is 13.0. The van der Waals surface area contributed by atoms with Gasteiger partial charge in [0.2, 0.25) is 0 Å². The fourth-order valence-electron chi connectivity index (χ4n) is 4.23. The van der Waals surface area contributed by atoms with E-state index in [2.05, 4.69) is 58.1 Å². The van der Waals surface area contributed by atoms with Crippen LogP contribution in [0.15, 0.2) is 60.7 Å². The van der Waals surface area contributed by atoms with Crippen LogP contribution in [-0.2, 0) is 36.6 Å². The van der Waals surface area contributed by atoms with E-state index in [9.17, 15) is 4.79 Å². The van der Waals surface area contributed by atoms with Crippen molar-refractivity contribution in [3.63, 3.8) is 0 Å². The van der Waals surface area contributed by atoms with Gasteiger partial charge in [0.25, 0.3) is 0 Å². The third-order valence-corrected chi connectivity index (χ3v) is 12.2. The van der Waals surface area contributed by atoms with Gasteiger partial charge in [0.15, 0.2) is 14.1 Å². The molecule has 204 valence electrons. The van der Waals surface area contributed by atoms with Crippen molar-refractivity contribution in [3.05, 3.63) is 71.8 Å². The summed E-state index contributed by atoms with van der Waals surface area (Å²) in [6.07, 6.45) is 2.61. The summed E-state index contributed by atoms with van der Waals surface area (Å²) in [6.45, 7) is 13.6. The van der Waals surface area contributed by atoms with Gasteiger partial charge in [-0.1, -0.05) is 81.4 Å². The molecule has 1 saturated heterocycles. The van der Waals surface area contributed by atoms with Gasteiger partial charge in [-0.15, -0.1) is 0 Å². The summed E-state index contributed by atoms with van der Waals surface area (Å²) in [5, 5.41) is 0.176. The Morgan fingerprint density at radius 2 is 1.51 bits per heavy atom. The standard InChI is InChI=1S/C31H46O5Si/c1-31(2,3)37(4,5)35-21-12-17-28-27(32)18-19-29(34-24-26-15-10-7-11-16-26)30(36-28)20-22-33-23-25-13-8-6-9-14-25/h6-11,13-16,28-30H,12,17-24H2,1-5H3/t28-,29-,30+/m1/s1. The van der Waals surface area contributed by atoms with Gasteiger partial charge in [0.05, 0.1) is 25.4 Å². The van der Waals surface area contributed by atoms with Gasteiger partial charge in [-0.05, 0) is 54.9 Å². The summed E-state index contributed by atoms with van der Waals surface area (Å²) in [5.41, 5.74) is 2.27. The molecule has 1 heterocycles. The number of hydrogen-bond donors (Lipinski definition) is 0. The molecule has 0 unspecified atom stereocenters. The highest BCUT2D eigenvalue weighted by molar-refractivity contribution is 6.74. The SMILES string of the molecule is CC(C)(C)[Si](C)(C)OCCC[C@H]1O[C@@H](CCOCc2ccccc2)[C@H](OCc2ccccc2)CCC1=O. The number of rotatable bonds is 13. The molecule has 2 aromatic carbocycles. The first-order valence-corrected chi connectivity index (χ1v) is 16.7. The third kappa shape index (κ3) is 9.77. The molecule has 0 radical (unpaired) electrons. The van der Waals surface area contributed by atoms with Crippen molar-refractivity contribution >= 4 is 14.1 Å². The molecule has 0 saturated carbocycles. The van der Waals surface area contributed by atoms with Gasteiger partial charge < -0.3 is 18.6 Å². The Kier molecular flexibility index (Phi) is 11.5. The maximum Gasteiger partial charge on any atom is 0.191 e. The van der Waals surface area contributed by atoms with Crippen molar-refractivity contribution in [2.75, 3.05) is 13.2 Å². The molecule has 0 amide bonds. The number of ether oxygens (including phenoxy) is 3. The van der Waals surface area contributed by atoms with Crippen LogP contribution in [0.1, 0.15) is 64.0 Å². The second kappa shape index (κ2) is 14.4. The van der Waals surface area contributed by atoms with Gasteiger partial charge in [-0.25, -0.2) is 0 Å². The minimum atomic E-state index is -1.80. The first kappa shape index (κ1) is 29.7. The molecule has 1 aliphatic rings. The highest BCUT2D eigenvalue weighted by Gasteiger charge is 2.37. The number of ketones is 1. The molecule has 37 heavy (non-hydrogen) atoms. The minimum Gasteiger partial charge on any atom is -0.417 e. The number of carbonyl (C=O) groups excluding carboxylic acids is 1. The molecule has 5 nitrogen and oxygen atoms in total. The highest BCUT2D eigenvalue weighted by Crippen LogP contribution is 2.36. The fourth-order valence-corrected chi connectivity index (χ4v) is 5.32. The van der Waals surface area contributed by atoms with Gasteiger partial charge in [0, 0.05) is 19.6 Å². The van der Waals surface area contributed by atoms with E-state index in [0.717, 1.165) is 17.5 Å². The molecule has 0 N–H and O–H groups in total. The molecule has 1 fully saturated rings. The lowest BCUT2D eigenvalue weighted by molar-refractivity contribution is -0.139. The quantitative estimate of drug-likeness (QED) is 0.206. The summed E-state index contributed by atoms with van der Waals surface area (Å²) in [7, 11) is -1.80. The van der Waals surface area contributed by atoms with Crippen LogP contribution in [0.4, 0.5) is 0 Å². The molecule has 0 aliphatic carbocycles. The molecule has 0 bridgehead atoms. The molecule has 6 heteroatoms. The zero-order valence-corrected chi connectivity index (χ0v) is 24.4. The van der Waals surface area contributed by atoms with E-state index < -0.39 is 14.4 Å². The number of Topliss-reactive ketones (excluding diaryl/α,β-unsaturated/α-hetero) is 1. The second-order valence-corrected chi connectivity index (χ2v) is 16.4. The van der Waals surface area contributed by atoms with E-state index >= 15 is 0 Å². The Hall–Kier alpha value is -1.83. The Morgan fingerprint density at radius 1 is 0.892 bits per heavy atom. The van der Waals surface area contributed by atoms with Crippen molar-refractivity contribution in [2.45, 2.75) is 103 Å². The lowest BCUT2D eigenvalue weighted by Crippen LogP contribution is -2.41. The number of hydrogen-bond acceptors (Lipinski definition) is 5. The topological polar surface area (TPSA) is 54.0 Å². The normalized spacial score (nSPS) is 21.1. The first-order valence-electron chi connectivity index (χ1n) is 13.7. The predicted octanol–water partition coefficient (Wildman–Crippen LogP) is 7.10.